The van der Waals surface area contributed by atoms with E-state index in [4.69, 9.17) is 9.47 Å². The number of nitrogens with zero attached hydrogens (tertiary/aromatic N) is 2. The minimum Gasteiger partial charge on any atom is -0.507 e. The van der Waals surface area contributed by atoms with Gasteiger partial charge in [0.15, 0.2) is 0 Å². The molecule has 1 atom stereocenters. The summed E-state index contributed by atoms with van der Waals surface area (Å²) in [6.45, 7) is 6.86. The molecule has 4 aromatic rings. The van der Waals surface area contributed by atoms with E-state index in [9.17, 15) is 9.90 Å². The Morgan fingerprint density at radius 2 is 1.84 bits per heavy atom. The number of hydrogen-bond acceptors (Lipinski definition) is 5. The van der Waals surface area contributed by atoms with Crippen LogP contribution >= 0.6 is 0 Å². The van der Waals surface area contributed by atoms with E-state index >= 15 is 0 Å². The molecule has 1 aromatic heterocycles. The number of rotatable bonds is 8. The number of phenolic OH excluding ortho intramolecular Hbond substituents is 1. The SMILES string of the molecule is CCOc1cccc([C@@H]2c3c(-c4cc(C)cc(C)c4O)n[nH]c3C(=O)N2CCc2ccc(OC)cc2)c1. The molecule has 0 bridgehead atoms. The molecule has 37 heavy (non-hydrogen) atoms. The van der Waals surface area contributed by atoms with Crippen LogP contribution in [-0.4, -0.2) is 46.4 Å². The summed E-state index contributed by atoms with van der Waals surface area (Å²) in [6.07, 6.45) is 0.680. The van der Waals surface area contributed by atoms with Crippen LogP contribution in [0.2, 0.25) is 0 Å². The normalized spacial score (nSPS) is 14.6. The van der Waals surface area contributed by atoms with Gasteiger partial charge in [-0.15, -0.1) is 0 Å². The molecule has 0 saturated heterocycles. The number of nitrogens with one attached hydrogen (secondary N) is 1. The van der Waals surface area contributed by atoms with Crippen molar-refractivity contribution in [3.8, 4) is 28.5 Å². The Labute approximate surface area is 216 Å². The van der Waals surface area contributed by atoms with Crippen LogP contribution in [0.25, 0.3) is 11.3 Å². The fourth-order valence-corrected chi connectivity index (χ4v) is 5.10. The fraction of sp³-hybridized carbons (Fsp3) is 0.267. The molecule has 2 heterocycles. The lowest BCUT2D eigenvalue weighted by molar-refractivity contribution is 0.0745. The van der Waals surface area contributed by atoms with Crippen LogP contribution < -0.4 is 9.47 Å². The number of ether oxygens (including phenoxy) is 2. The number of carbonyl (C=O) groups is 1. The van der Waals surface area contributed by atoms with E-state index in [0.29, 0.717) is 36.5 Å². The maximum atomic E-state index is 13.7. The van der Waals surface area contributed by atoms with Gasteiger partial charge >= 0.3 is 0 Å². The van der Waals surface area contributed by atoms with Crippen molar-refractivity contribution in [1.29, 1.82) is 0 Å². The molecule has 0 unspecified atom stereocenters. The second-order valence-electron chi connectivity index (χ2n) is 9.34. The van der Waals surface area contributed by atoms with Gasteiger partial charge in [-0.25, -0.2) is 0 Å². The zero-order valence-electron chi connectivity index (χ0n) is 21.5. The summed E-state index contributed by atoms with van der Waals surface area (Å²) in [4.78, 5) is 15.6. The number of aromatic nitrogens is 2. The summed E-state index contributed by atoms with van der Waals surface area (Å²) < 4.78 is 11.1. The average molecular weight is 498 g/mol. The summed E-state index contributed by atoms with van der Waals surface area (Å²) in [6, 6.07) is 19.2. The van der Waals surface area contributed by atoms with Gasteiger partial charge in [0.05, 0.1) is 19.8 Å². The van der Waals surface area contributed by atoms with Crippen molar-refractivity contribution >= 4 is 5.91 Å². The van der Waals surface area contributed by atoms with Crippen LogP contribution in [0.3, 0.4) is 0 Å². The summed E-state index contributed by atoms with van der Waals surface area (Å²) in [5.74, 6) is 1.60. The van der Waals surface area contributed by atoms with Gasteiger partial charge in [0.1, 0.15) is 28.6 Å². The number of fused-ring (bicyclic) bond motifs is 1. The second kappa shape index (κ2) is 10.0. The Bertz CT molecular complexity index is 1440. The predicted octanol–water partition coefficient (Wildman–Crippen LogP) is 5.59. The lowest BCUT2D eigenvalue weighted by Crippen LogP contribution is -2.31. The standard InChI is InChI=1S/C30H31N3O4/c1-5-37-23-8-6-7-21(17-23)28-25-26(24-16-18(2)15-19(3)29(24)34)31-32-27(25)30(35)33(28)14-13-20-9-11-22(36-4)12-10-20/h6-12,15-17,28,34H,5,13-14H2,1-4H3,(H,31,32)/t28-/m1/s1. The van der Waals surface area contributed by atoms with Crippen LogP contribution in [0, 0.1) is 13.8 Å². The molecular weight excluding hydrogens is 466 g/mol. The average Bonchev–Trinajstić information content (AvgIpc) is 3.44. The van der Waals surface area contributed by atoms with Crippen molar-refractivity contribution < 1.29 is 19.4 Å². The number of aromatic amines is 1. The fourth-order valence-electron chi connectivity index (χ4n) is 5.10. The van der Waals surface area contributed by atoms with E-state index < -0.39 is 0 Å². The summed E-state index contributed by atoms with van der Waals surface area (Å²) in [5, 5.41) is 18.5. The van der Waals surface area contributed by atoms with E-state index in [1.165, 1.54) is 0 Å². The van der Waals surface area contributed by atoms with Crippen LogP contribution in [0.15, 0.2) is 60.7 Å². The topological polar surface area (TPSA) is 87.7 Å². The van der Waals surface area contributed by atoms with Gasteiger partial charge in [0.25, 0.3) is 5.91 Å². The lowest BCUT2D eigenvalue weighted by Gasteiger charge is -2.27. The molecule has 1 aliphatic rings. The van der Waals surface area contributed by atoms with Crippen molar-refractivity contribution in [3.05, 3.63) is 94.2 Å². The molecule has 1 amide bonds. The molecule has 0 radical (unpaired) electrons. The molecule has 2 N–H and O–H groups in total. The highest BCUT2D eigenvalue weighted by molar-refractivity contribution is 6.00. The molecule has 0 spiro atoms. The van der Waals surface area contributed by atoms with E-state index in [-0.39, 0.29) is 17.7 Å². The van der Waals surface area contributed by atoms with Crippen LogP contribution in [0.5, 0.6) is 17.2 Å². The van der Waals surface area contributed by atoms with Crippen molar-refractivity contribution in [2.24, 2.45) is 0 Å². The van der Waals surface area contributed by atoms with Gasteiger partial charge in [-0.05, 0) is 79.8 Å². The van der Waals surface area contributed by atoms with Crippen molar-refractivity contribution in [1.82, 2.24) is 15.1 Å². The lowest BCUT2D eigenvalue weighted by atomic mass is 9.94. The third kappa shape index (κ3) is 4.53. The summed E-state index contributed by atoms with van der Waals surface area (Å²) in [7, 11) is 1.64. The zero-order valence-corrected chi connectivity index (χ0v) is 21.5. The first-order valence-electron chi connectivity index (χ1n) is 12.5. The van der Waals surface area contributed by atoms with Crippen molar-refractivity contribution in [2.45, 2.75) is 33.2 Å². The Hall–Kier alpha value is -4.26. The van der Waals surface area contributed by atoms with Crippen molar-refractivity contribution in [2.75, 3.05) is 20.3 Å². The number of aryl methyl sites for hydroxylation is 2. The minimum absolute atomic E-state index is 0.113. The molecule has 0 aliphatic carbocycles. The Kier molecular flexibility index (Phi) is 6.61. The highest BCUT2D eigenvalue weighted by Gasteiger charge is 2.42. The number of hydrogen-bond donors (Lipinski definition) is 2. The Morgan fingerprint density at radius 3 is 2.57 bits per heavy atom. The Balaban J connectivity index is 1.59. The first-order chi connectivity index (χ1) is 17.9. The van der Waals surface area contributed by atoms with Crippen LogP contribution in [0.1, 0.15) is 51.3 Å². The largest absolute Gasteiger partial charge is 0.507 e. The minimum atomic E-state index is -0.380. The summed E-state index contributed by atoms with van der Waals surface area (Å²) >= 11 is 0. The smallest absolute Gasteiger partial charge is 0.273 e. The molecule has 0 fully saturated rings. The van der Waals surface area contributed by atoms with Gasteiger partial charge < -0.3 is 19.5 Å². The number of carbonyl (C=O) groups excluding carboxylic acids is 1. The zero-order chi connectivity index (χ0) is 26.1. The number of H-pyrrole nitrogens is 1. The van der Waals surface area contributed by atoms with E-state index in [0.717, 1.165) is 39.3 Å². The quantitative estimate of drug-likeness (QED) is 0.331. The van der Waals surface area contributed by atoms with Crippen molar-refractivity contribution in [3.63, 3.8) is 0 Å². The molecular formula is C30H31N3O4. The molecule has 0 saturated carbocycles. The van der Waals surface area contributed by atoms with Crippen LogP contribution in [-0.2, 0) is 6.42 Å². The maximum Gasteiger partial charge on any atom is 0.273 e. The molecule has 5 rings (SSSR count). The molecule has 1 aliphatic heterocycles. The number of methoxy groups -OCH3 is 1. The number of amides is 1. The Morgan fingerprint density at radius 1 is 1.05 bits per heavy atom. The first kappa shape index (κ1) is 24.4. The maximum absolute atomic E-state index is 13.7. The monoisotopic (exact) mass is 497 g/mol. The highest BCUT2D eigenvalue weighted by atomic mass is 16.5. The number of phenols is 1. The van der Waals surface area contributed by atoms with Gasteiger partial charge in [0, 0.05) is 17.7 Å². The second-order valence-corrected chi connectivity index (χ2v) is 9.34. The van der Waals surface area contributed by atoms with Gasteiger partial charge in [-0.1, -0.05) is 30.3 Å². The predicted molar refractivity (Wildman–Crippen MR) is 142 cm³/mol. The molecule has 7 heteroatoms. The first-order valence-corrected chi connectivity index (χ1v) is 12.5. The van der Waals surface area contributed by atoms with Gasteiger partial charge in [0.2, 0.25) is 0 Å². The summed E-state index contributed by atoms with van der Waals surface area (Å²) in [5.41, 5.74) is 6.25. The third-order valence-corrected chi connectivity index (χ3v) is 6.85. The molecule has 7 nitrogen and oxygen atoms in total. The van der Waals surface area contributed by atoms with E-state index in [1.54, 1.807) is 7.11 Å². The van der Waals surface area contributed by atoms with Gasteiger partial charge in [-0.2, -0.15) is 5.10 Å². The number of aromatic hydroxyl groups is 1. The van der Waals surface area contributed by atoms with Gasteiger partial charge in [-0.3, -0.25) is 9.89 Å². The number of benzene rings is 3. The third-order valence-electron chi connectivity index (χ3n) is 6.85. The highest BCUT2D eigenvalue weighted by Crippen LogP contribution is 2.45. The molecule has 3 aromatic carbocycles. The van der Waals surface area contributed by atoms with E-state index in [1.807, 2.05) is 86.3 Å². The molecule has 190 valence electrons. The van der Waals surface area contributed by atoms with Crippen LogP contribution in [0.4, 0.5) is 0 Å². The van der Waals surface area contributed by atoms with E-state index in [2.05, 4.69) is 10.2 Å².